The molecule has 1 unspecified atom stereocenters. The summed E-state index contributed by atoms with van der Waals surface area (Å²) >= 11 is 0. The van der Waals surface area contributed by atoms with E-state index in [0.29, 0.717) is 5.56 Å². The summed E-state index contributed by atoms with van der Waals surface area (Å²) in [6.45, 7) is 6.12. The molecule has 2 nitrogen and oxygen atoms in total. The standard InChI is InChI=1S/C16H14O2/c1-16(2,12-8-4-3-5-9-12)14-11-7-6-10-13(14)15(17)18/h3-11H,1H2,2H3/p+1. The molecule has 0 spiro atoms. The fourth-order valence-electron chi connectivity index (χ4n) is 2.11. The summed E-state index contributed by atoms with van der Waals surface area (Å²) in [6.07, 6.45) is 0. The molecule has 0 radical (unpaired) electrons. The van der Waals surface area contributed by atoms with Crippen molar-refractivity contribution < 1.29 is 9.90 Å². The van der Waals surface area contributed by atoms with E-state index in [4.69, 9.17) is 0 Å². The Balaban J connectivity index is 2.58. The Morgan fingerprint density at radius 1 is 1.06 bits per heavy atom. The maximum atomic E-state index is 11.3. The van der Waals surface area contributed by atoms with Crippen LogP contribution in [0, 0.1) is 6.92 Å². The van der Waals surface area contributed by atoms with Crippen molar-refractivity contribution in [3.63, 3.8) is 0 Å². The Labute approximate surface area is 107 Å². The van der Waals surface area contributed by atoms with Crippen LogP contribution in [0.2, 0.25) is 0 Å². The quantitative estimate of drug-likeness (QED) is 0.832. The number of carboxylic acid groups (broad SMARTS) is 1. The Morgan fingerprint density at radius 2 is 1.61 bits per heavy atom. The molecule has 90 valence electrons. The van der Waals surface area contributed by atoms with E-state index in [-0.39, 0.29) is 0 Å². The van der Waals surface area contributed by atoms with Crippen molar-refractivity contribution in [1.82, 2.24) is 0 Å². The van der Waals surface area contributed by atoms with Crippen LogP contribution in [0.25, 0.3) is 0 Å². The highest BCUT2D eigenvalue weighted by Crippen LogP contribution is 2.33. The van der Waals surface area contributed by atoms with Crippen molar-refractivity contribution in [2.75, 3.05) is 0 Å². The molecule has 0 heterocycles. The third kappa shape index (κ3) is 2.09. The van der Waals surface area contributed by atoms with Gasteiger partial charge in [0.1, 0.15) is 0 Å². The molecule has 0 aliphatic heterocycles. The van der Waals surface area contributed by atoms with E-state index in [1.54, 1.807) is 12.1 Å². The van der Waals surface area contributed by atoms with Gasteiger partial charge in [-0.3, -0.25) is 0 Å². The van der Waals surface area contributed by atoms with Gasteiger partial charge in [-0.25, -0.2) is 4.79 Å². The fourth-order valence-corrected chi connectivity index (χ4v) is 2.11. The number of carboxylic acids is 1. The lowest BCUT2D eigenvalue weighted by Gasteiger charge is -2.20. The topological polar surface area (TPSA) is 37.3 Å². The molecule has 1 N–H and O–H groups in total. The molecule has 0 aromatic heterocycles. The van der Waals surface area contributed by atoms with E-state index < -0.39 is 11.4 Å². The number of aromatic carboxylic acids is 1. The van der Waals surface area contributed by atoms with Gasteiger partial charge in [-0.15, -0.1) is 0 Å². The molecule has 0 aliphatic carbocycles. The average Bonchev–Trinajstić information content (AvgIpc) is 2.39. The predicted molar refractivity (Wildman–Crippen MR) is 71.7 cm³/mol. The highest BCUT2D eigenvalue weighted by molar-refractivity contribution is 5.90. The second-order valence-corrected chi connectivity index (χ2v) is 4.55. The zero-order valence-corrected chi connectivity index (χ0v) is 10.3. The van der Waals surface area contributed by atoms with Gasteiger partial charge in [-0.2, -0.15) is 0 Å². The summed E-state index contributed by atoms with van der Waals surface area (Å²) in [4.78, 5) is 11.3. The number of benzene rings is 2. The van der Waals surface area contributed by atoms with Gasteiger partial charge in [0.15, 0.2) is 5.41 Å². The smallest absolute Gasteiger partial charge is 0.336 e. The van der Waals surface area contributed by atoms with Crippen LogP contribution in [0.15, 0.2) is 54.6 Å². The van der Waals surface area contributed by atoms with E-state index in [0.717, 1.165) is 11.1 Å². The molecule has 0 bridgehead atoms. The molecule has 0 fully saturated rings. The largest absolute Gasteiger partial charge is 0.478 e. The first-order valence-electron chi connectivity index (χ1n) is 5.77. The minimum atomic E-state index is -0.920. The molecular weight excluding hydrogens is 224 g/mol. The number of hydrogen-bond acceptors (Lipinski definition) is 1. The first-order valence-corrected chi connectivity index (χ1v) is 5.77. The van der Waals surface area contributed by atoms with Crippen LogP contribution in [0.5, 0.6) is 0 Å². The summed E-state index contributed by atoms with van der Waals surface area (Å²) < 4.78 is 0. The highest BCUT2D eigenvalue weighted by Gasteiger charge is 2.34. The molecule has 0 saturated carbocycles. The zero-order valence-electron chi connectivity index (χ0n) is 10.3. The van der Waals surface area contributed by atoms with Crippen LogP contribution in [0.3, 0.4) is 0 Å². The van der Waals surface area contributed by atoms with Crippen molar-refractivity contribution in [3.8, 4) is 0 Å². The Morgan fingerprint density at radius 3 is 2.22 bits per heavy atom. The Kier molecular flexibility index (Phi) is 3.11. The first-order chi connectivity index (χ1) is 8.53. The van der Waals surface area contributed by atoms with E-state index in [1.165, 1.54) is 0 Å². The van der Waals surface area contributed by atoms with E-state index in [9.17, 15) is 9.90 Å². The maximum Gasteiger partial charge on any atom is 0.336 e. The lowest BCUT2D eigenvalue weighted by molar-refractivity contribution is 0.0695. The molecule has 0 saturated heterocycles. The van der Waals surface area contributed by atoms with Gasteiger partial charge in [0, 0.05) is 11.1 Å². The van der Waals surface area contributed by atoms with Crippen molar-refractivity contribution in [2.24, 2.45) is 0 Å². The molecule has 2 rings (SSSR count). The maximum absolute atomic E-state index is 11.3. The second-order valence-electron chi connectivity index (χ2n) is 4.55. The molecule has 2 heteroatoms. The summed E-state index contributed by atoms with van der Waals surface area (Å²) in [5.74, 6) is -0.920. The summed E-state index contributed by atoms with van der Waals surface area (Å²) in [5.41, 5.74) is 1.46. The van der Waals surface area contributed by atoms with Gasteiger partial charge in [-0.05, 0) is 13.0 Å². The Hall–Kier alpha value is -2.22. The van der Waals surface area contributed by atoms with Gasteiger partial charge in [-0.1, -0.05) is 48.5 Å². The number of carbonyl (C=O) groups is 1. The van der Waals surface area contributed by atoms with Crippen LogP contribution in [0.1, 0.15) is 28.4 Å². The lowest BCUT2D eigenvalue weighted by atomic mass is 9.76. The zero-order chi connectivity index (χ0) is 13.2. The van der Waals surface area contributed by atoms with Gasteiger partial charge in [0.25, 0.3) is 0 Å². The van der Waals surface area contributed by atoms with Gasteiger partial charge in [0.2, 0.25) is 0 Å². The Bertz CT molecular complexity index is 556. The van der Waals surface area contributed by atoms with Crippen LogP contribution >= 0.6 is 0 Å². The molecule has 0 amide bonds. The van der Waals surface area contributed by atoms with Crippen LogP contribution in [0.4, 0.5) is 0 Å². The van der Waals surface area contributed by atoms with E-state index in [2.05, 4.69) is 6.92 Å². The normalized spacial score (nSPS) is 13.8. The van der Waals surface area contributed by atoms with Crippen molar-refractivity contribution in [1.29, 1.82) is 0 Å². The second kappa shape index (κ2) is 4.57. The third-order valence-corrected chi connectivity index (χ3v) is 3.16. The van der Waals surface area contributed by atoms with Crippen molar-refractivity contribution in [3.05, 3.63) is 78.2 Å². The van der Waals surface area contributed by atoms with E-state index in [1.807, 2.05) is 49.4 Å². The molecule has 2 aromatic rings. The predicted octanol–water partition coefficient (Wildman–Crippen LogP) is 3.52. The minimum Gasteiger partial charge on any atom is -0.478 e. The summed E-state index contributed by atoms with van der Waals surface area (Å²) in [6, 6.07) is 16.7. The first kappa shape index (κ1) is 12.2. The molecule has 18 heavy (non-hydrogen) atoms. The van der Waals surface area contributed by atoms with E-state index >= 15 is 0 Å². The van der Waals surface area contributed by atoms with Gasteiger partial charge >= 0.3 is 5.97 Å². The van der Waals surface area contributed by atoms with Crippen LogP contribution < -0.4 is 0 Å². The monoisotopic (exact) mass is 239 g/mol. The molecular formula is C16H15O2+. The van der Waals surface area contributed by atoms with Crippen molar-refractivity contribution in [2.45, 2.75) is 12.3 Å². The minimum absolute atomic E-state index is 0.304. The van der Waals surface area contributed by atoms with Crippen LogP contribution in [-0.2, 0) is 5.41 Å². The van der Waals surface area contributed by atoms with Gasteiger partial charge < -0.3 is 5.11 Å². The summed E-state index contributed by atoms with van der Waals surface area (Å²) in [7, 11) is 0. The molecule has 2 aromatic carbocycles. The SMILES string of the molecule is [CH2+]C(C)(c1ccccc1)c1ccccc1C(=O)O. The number of hydrogen-bond donors (Lipinski definition) is 1. The summed E-state index contributed by atoms with van der Waals surface area (Å²) in [5, 5.41) is 9.25. The highest BCUT2D eigenvalue weighted by atomic mass is 16.4. The van der Waals surface area contributed by atoms with Gasteiger partial charge in [0.05, 0.1) is 12.5 Å². The van der Waals surface area contributed by atoms with Crippen LogP contribution in [-0.4, -0.2) is 11.1 Å². The molecule has 0 aliphatic rings. The third-order valence-electron chi connectivity index (χ3n) is 3.16. The molecule has 1 atom stereocenters. The average molecular weight is 239 g/mol. The number of rotatable bonds is 3. The van der Waals surface area contributed by atoms with Crippen molar-refractivity contribution >= 4 is 5.97 Å². The lowest BCUT2D eigenvalue weighted by Crippen LogP contribution is -2.22. The fraction of sp³-hybridized carbons (Fsp3) is 0.125.